The minimum Gasteiger partial charge on any atom is -0.344 e. The molecule has 1 nitrogen and oxygen atoms in total. The van der Waals surface area contributed by atoms with Gasteiger partial charge >= 0.3 is 0 Å². The van der Waals surface area contributed by atoms with Crippen molar-refractivity contribution in [2.24, 2.45) is 7.05 Å². The van der Waals surface area contributed by atoms with Gasteiger partial charge in [-0.15, -0.1) is 0 Å². The van der Waals surface area contributed by atoms with Crippen LogP contribution in [0, 0.1) is 6.92 Å². The molecule has 0 unspecified atom stereocenters. The molecule has 0 atom stereocenters. The first-order valence-corrected chi connectivity index (χ1v) is 8.04. The van der Waals surface area contributed by atoms with Crippen LogP contribution in [0.15, 0.2) is 66.7 Å². The van der Waals surface area contributed by atoms with Gasteiger partial charge < -0.3 is 4.57 Å². The minimum absolute atomic E-state index is 1.30. The van der Waals surface area contributed by atoms with Gasteiger partial charge in [-0.05, 0) is 46.2 Å². The zero-order valence-electron chi connectivity index (χ0n) is 13.3. The van der Waals surface area contributed by atoms with E-state index in [1.54, 1.807) is 0 Å². The first kappa shape index (κ1) is 12.7. The van der Waals surface area contributed by atoms with Gasteiger partial charge in [0.2, 0.25) is 0 Å². The molecule has 0 N–H and O–H groups in total. The molecular weight excluding hydrogens is 278 g/mol. The second kappa shape index (κ2) is 4.36. The van der Waals surface area contributed by atoms with E-state index in [9.17, 15) is 0 Å². The van der Waals surface area contributed by atoms with Crippen molar-refractivity contribution in [2.75, 3.05) is 0 Å². The van der Waals surface area contributed by atoms with Crippen LogP contribution in [0.4, 0.5) is 0 Å². The number of fused-ring (bicyclic) bond motifs is 7. The second-order valence-electron chi connectivity index (χ2n) is 6.37. The van der Waals surface area contributed by atoms with E-state index in [0.717, 1.165) is 0 Å². The third-order valence-electron chi connectivity index (χ3n) is 5.11. The smallest absolute Gasteiger partial charge is 0.0498 e. The highest BCUT2D eigenvalue weighted by molar-refractivity contribution is 6.28. The summed E-state index contributed by atoms with van der Waals surface area (Å²) in [5, 5.41) is 8.09. The highest BCUT2D eigenvalue weighted by Crippen LogP contribution is 2.39. The lowest BCUT2D eigenvalue weighted by atomic mass is 9.97. The van der Waals surface area contributed by atoms with Crippen molar-refractivity contribution in [3.8, 4) is 0 Å². The predicted octanol–water partition coefficient (Wildman–Crippen LogP) is 5.95. The molecule has 0 saturated carbocycles. The average Bonchev–Trinajstić information content (AvgIpc) is 2.88. The van der Waals surface area contributed by atoms with Crippen molar-refractivity contribution >= 4 is 43.4 Å². The Kier molecular flexibility index (Phi) is 2.41. The van der Waals surface area contributed by atoms with Crippen LogP contribution in [0.25, 0.3) is 43.4 Å². The molecule has 0 bridgehead atoms. The quantitative estimate of drug-likeness (QED) is 0.333. The number of hydrogen-bond donors (Lipinski definition) is 0. The third-order valence-corrected chi connectivity index (χ3v) is 5.11. The first-order chi connectivity index (χ1) is 11.3. The van der Waals surface area contributed by atoms with Gasteiger partial charge in [0, 0.05) is 28.9 Å². The van der Waals surface area contributed by atoms with Gasteiger partial charge in [-0.2, -0.15) is 0 Å². The maximum Gasteiger partial charge on any atom is 0.0498 e. The summed E-state index contributed by atoms with van der Waals surface area (Å²) in [6.07, 6.45) is 0. The molecule has 0 amide bonds. The van der Waals surface area contributed by atoms with Crippen molar-refractivity contribution in [3.63, 3.8) is 0 Å². The van der Waals surface area contributed by atoms with Crippen LogP contribution in [0.5, 0.6) is 0 Å². The Labute approximate surface area is 134 Å². The Morgan fingerprint density at radius 3 is 2.13 bits per heavy atom. The monoisotopic (exact) mass is 295 g/mol. The summed E-state index contributed by atoms with van der Waals surface area (Å²) in [5.41, 5.74) is 3.95. The van der Waals surface area contributed by atoms with Gasteiger partial charge in [-0.3, -0.25) is 0 Å². The summed E-state index contributed by atoms with van der Waals surface area (Å²) in [6.45, 7) is 2.21. The fourth-order valence-corrected chi connectivity index (χ4v) is 4.00. The summed E-state index contributed by atoms with van der Waals surface area (Å²) in [6, 6.07) is 24.3. The number of aromatic nitrogens is 1. The zero-order valence-corrected chi connectivity index (χ0v) is 13.3. The lowest BCUT2D eigenvalue weighted by molar-refractivity contribution is 1.01. The van der Waals surface area contributed by atoms with E-state index >= 15 is 0 Å². The van der Waals surface area contributed by atoms with Crippen LogP contribution in [-0.2, 0) is 7.05 Å². The summed E-state index contributed by atoms with van der Waals surface area (Å²) >= 11 is 0. The molecule has 4 aromatic carbocycles. The molecule has 110 valence electrons. The summed E-state index contributed by atoms with van der Waals surface area (Å²) in [4.78, 5) is 0. The molecular formula is C22H17N. The Bertz CT molecular complexity index is 1220. The van der Waals surface area contributed by atoms with E-state index in [2.05, 4.69) is 85.3 Å². The minimum atomic E-state index is 1.30. The fourth-order valence-electron chi connectivity index (χ4n) is 4.00. The van der Waals surface area contributed by atoms with Gasteiger partial charge in [-0.1, -0.05) is 54.6 Å². The van der Waals surface area contributed by atoms with Crippen LogP contribution >= 0.6 is 0 Å². The molecule has 5 aromatic rings. The SMILES string of the molecule is Cc1cc2c(c3ccccc13)c1c3ccccc3ccc1n2C. The largest absolute Gasteiger partial charge is 0.344 e. The summed E-state index contributed by atoms with van der Waals surface area (Å²) < 4.78 is 2.33. The normalized spacial score (nSPS) is 11.9. The standard InChI is InChI=1S/C22H17N/c1-14-13-20-22(18-10-6-5-8-16(14)18)21-17-9-4-3-7-15(17)11-12-19(21)23(20)2/h3-13H,1-2H3. The summed E-state index contributed by atoms with van der Waals surface area (Å²) in [5.74, 6) is 0. The highest BCUT2D eigenvalue weighted by Gasteiger charge is 2.14. The number of benzene rings is 4. The molecule has 23 heavy (non-hydrogen) atoms. The molecule has 0 aliphatic rings. The molecule has 0 aliphatic carbocycles. The van der Waals surface area contributed by atoms with Crippen molar-refractivity contribution in [3.05, 3.63) is 72.3 Å². The third kappa shape index (κ3) is 1.57. The van der Waals surface area contributed by atoms with Crippen molar-refractivity contribution < 1.29 is 0 Å². The van der Waals surface area contributed by atoms with Crippen molar-refractivity contribution in [1.29, 1.82) is 0 Å². The van der Waals surface area contributed by atoms with Crippen molar-refractivity contribution in [1.82, 2.24) is 4.57 Å². The van der Waals surface area contributed by atoms with Crippen LogP contribution in [0.1, 0.15) is 5.56 Å². The van der Waals surface area contributed by atoms with Crippen molar-refractivity contribution in [2.45, 2.75) is 6.92 Å². The molecule has 1 aromatic heterocycles. The van der Waals surface area contributed by atoms with Crippen LogP contribution in [0.3, 0.4) is 0 Å². The number of nitrogens with zero attached hydrogens (tertiary/aromatic N) is 1. The second-order valence-corrected chi connectivity index (χ2v) is 6.37. The van der Waals surface area contributed by atoms with Gasteiger partial charge in [0.25, 0.3) is 0 Å². The van der Waals surface area contributed by atoms with Gasteiger partial charge in [0.05, 0.1) is 0 Å². The van der Waals surface area contributed by atoms with E-state index in [0.29, 0.717) is 0 Å². The lowest BCUT2D eigenvalue weighted by Crippen LogP contribution is -1.87. The Morgan fingerprint density at radius 1 is 0.652 bits per heavy atom. The molecule has 0 aliphatic heterocycles. The molecule has 0 saturated heterocycles. The molecule has 0 spiro atoms. The maximum atomic E-state index is 2.33. The molecule has 1 heterocycles. The van der Waals surface area contributed by atoms with E-state index in [-0.39, 0.29) is 0 Å². The van der Waals surface area contributed by atoms with E-state index in [4.69, 9.17) is 0 Å². The van der Waals surface area contributed by atoms with E-state index < -0.39 is 0 Å². The average molecular weight is 295 g/mol. The van der Waals surface area contributed by atoms with E-state index in [1.807, 2.05) is 0 Å². The zero-order chi connectivity index (χ0) is 15.6. The predicted molar refractivity (Wildman–Crippen MR) is 100 cm³/mol. The van der Waals surface area contributed by atoms with Gasteiger partial charge in [0.1, 0.15) is 0 Å². The Morgan fingerprint density at radius 2 is 1.30 bits per heavy atom. The molecule has 0 radical (unpaired) electrons. The molecule has 5 rings (SSSR count). The number of rotatable bonds is 0. The van der Waals surface area contributed by atoms with E-state index in [1.165, 1.54) is 48.9 Å². The van der Waals surface area contributed by atoms with Gasteiger partial charge in [0.15, 0.2) is 0 Å². The summed E-state index contributed by atoms with van der Waals surface area (Å²) in [7, 11) is 2.17. The molecule has 1 heteroatoms. The topological polar surface area (TPSA) is 4.93 Å². The Hall–Kier alpha value is -2.80. The first-order valence-electron chi connectivity index (χ1n) is 8.04. The highest BCUT2D eigenvalue weighted by atomic mass is 14.9. The number of hydrogen-bond acceptors (Lipinski definition) is 0. The molecule has 0 fully saturated rings. The fraction of sp³-hybridized carbons (Fsp3) is 0.0909. The van der Waals surface area contributed by atoms with Crippen LogP contribution < -0.4 is 0 Å². The maximum absolute atomic E-state index is 2.33. The van der Waals surface area contributed by atoms with Crippen LogP contribution in [-0.4, -0.2) is 4.57 Å². The Balaban J connectivity index is 2.21. The van der Waals surface area contributed by atoms with Crippen LogP contribution in [0.2, 0.25) is 0 Å². The van der Waals surface area contributed by atoms with Gasteiger partial charge in [-0.25, -0.2) is 0 Å². The lowest BCUT2D eigenvalue weighted by Gasteiger charge is -2.06. The number of aryl methyl sites for hydroxylation is 2.